The first-order valence-electron chi connectivity index (χ1n) is 9.29. The van der Waals surface area contributed by atoms with Crippen LogP contribution in [-0.4, -0.2) is 0 Å². The molecule has 3 aromatic carbocycles. The zero-order valence-corrected chi connectivity index (χ0v) is 15.7. The van der Waals surface area contributed by atoms with Gasteiger partial charge < -0.3 is 4.42 Å². The number of hydrogen-bond donors (Lipinski definition) is 0. The van der Waals surface area contributed by atoms with Crippen molar-refractivity contribution in [2.45, 2.75) is 6.92 Å². The Bertz CT molecular complexity index is 1340. The highest BCUT2D eigenvalue weighted by atomic mass is 19.1. The molecule has 0 spiro atoms. The first-order chi connectivity index (χ1) is 13.6. The Morgan fingerprint density at radius 2 is 1.57 bits per heavy atom. The molecule has 28 heavy (non-hydrogen) atoms. The second kappa shape index (κ2) is 6.31. The van der Waals surface area contributed by atoms with E-state index in [1.54, 1.807) is 6.07 Å². The van der Waals surface area contributed by atoms with Crippen LogP contribution >= 0.6 is 0 Å². The lowest BCUT2D eigenvalue weighted by Gasteiger charge is -2.05. The number of benzene rings is 3. The summed E-state index contributed by atoms with van der Waals surface area (Å²) in [5.41, 5.74) is 5.99. The first-order valence-corrected chi connectivity index (χ1v) is 9.29. The van der Waals surface area contributed by atoms with Crippen molar-refractivity contribution in [2.75, 3.05) is 0 Å². The molecule has 0 amide bonds. The van der Waals surface area contributed by atoms with Gasteiger partial charge >= 0.3 is 0 Å². The average Bonchev–Trinajstić information content (AvgIpc) is 3.09. The van der Waals surface area contributed by atoms with Gasteiger partial charge in [-0.15, -0.1) is 0 Å². The van der Waals surface area contributed by atoms with Gasteiger partial charge in [-0.2, -0.15) is 0 Å². The SMILES string of the molecule is Cc1ccc2c(oc3c(F)cc(-c4ccccc4)cc32)c1-c1cccc[n+]1C. The van der Waals surface area contributed by atoms with Gasteiger partial charge in [0.25, 0.3) is 0 Å². The summed E-state index contributed by atoms with van der Waals surface area (Å²) in [6.07, 6.45) is 2.00. The molecule has 2 nitrogen and oxygen atoms in total. The lowest BCUT2D eigenvalue weighted by atomic mass is 9.99. The Labute approximate surface area is 162 Å². The van der Waals surface area contributed by atoms with Crippen LogP contribution in [0.15, 0.2) is 83.4 Å². The van der Waals surface area contributed by atoms with Crippen molar-refractivity contribution in [1.82, 2.24) is 0 Å². The zero-order valence-electron chi connectivity index (χ0n) is 15.7. The summed E-state index contributed by atoms with van der Waals surface area (Å²) < 4.78 is 23.1. The zero-order chi connectivity index (χ0) is 19.3. The molecule has 0 bridgehead atoms. The minimum absolute atomic E-state index is 0.306. The highest BCUT2D eigenvalue weighted by molar-refractivity contribution is 6.10. The Kier molecular flexibility index (Phi) is 3.76. The number of aromatic nitrogens is 1. The lowest BCUT2D eigenvalue weighted by molar-refractivity contribution is -0.660. The van der Waals surface area contributed by atoms with E-state index >= 15 is 0 Å². The Morgan fingerprint density at radius 3 is 2.36 bits per heavy atom. The molecular weight excluding hydrogens is 349 g/mol. The molecule has 0 unspecified atom stereocenters. The third-order valence-corrected chi connectivity index (χ3v) is 5.32. The van der Waals surface area contributed by atoms with E-state index in [4.69, 9.17) is 4.42 Å². The fourth-order valence-corrected chi connectivity index (χ4v) is 3.90. The van der Waals surface area contributed by atoms with Crippen LogP contribution < -0.4 is 4.57 Å². The molecule has 0 fully saturated rings. The maximum Gasteiger partial charge on any atom is 0.216 e. The highest BCUT2D eigenvalue weighted by Gasteiger charge is 2.21. The van der Waals surface area contributed by atoms with Crippen LogP contribution in [0.4, 0.5) is 4.39 Å². The van der Waals surface area contributed by atoms with Crippen LogP contribution in [0.3, 0.4) is 0 Å². The molecule has 3 heteroatoms. The number of rotatable bonds is 2. The molecule has 0 aliphatic heterocycles. The van der Waals surface area contributed by atoms with Gasteiger partial charge in [0, 0.05) is 22.9 Å². The van der Waals surface area contributed by atoms with Gasteiger partial charge in [0.05, 0.1) is 5.56 Å². The summed E-state index contributed by atoms with van der Waals surface area (Å²) in [4.78, 5) is 0. The van der Waals surface area contributed by atoms with Crippen LogP contribution in [0.5, 0.6) is 0 Å². The van der Waals surface area contributed by atoms with Crippen molar-refractivity contribution in [1.29, 1.82) is 0 Å². The lowest BCUT2D eigenvalue weighted by Crippen LogP contribution is -2.30. The molecule has 0 radical (unpaired) electrons. The highest BCUT2D eigenvalue weighted by Crippen LogP contribution is 2.39. The van der Waals surface area contributed by atoms with Gasteiger partial charge in [-0.1, -0.05) is 42.5 Å². The molecule has 0 aliphatic rings. The first kappa shape index (κ1) is 16.7. The van der Waals surface area contributed by atoms with Crippen LogP contribution in [-0.2, 0) is 7.05 Å². The van der Waals surface area contributed by atoms with Crippen molar-refractivity contribution in [3.8, 4) is 22.4 Å². The number of fused-ring (bicyclic) bond motifs is 3. The summed E-state index contributed by atoms with van der Waals surface area (Å²) >= 11 is 0. The van der Waals surface area contributed by atoms with Gasteiger partial charge in [0.15, 0.2) is 17.6 Å². The Balaban J connectivity index is 1.86. The summed E-state index contributed by atoms with van der Waals surface area (Å²) in [5, 5.41) is 1.73. The molecule has 0 saturated heterocycles. The Morgan fingerprint density at radius 1 is 0.786 bits per heavy atom. The van der Waals surface area contributed by atoms with Gasteiger partial charge in [0.2, 0.25) is 5.69 Å². The topological polar surface area (TPSA) is 17.0 Å². The van der Waals surface area contributed by atoms with E-state index < -0.39 is 0 Å². The number of halogens is 1. The van der Waals surface area contributed by atoms with Gasteiger partial charge in [-0.3, -0.25) is 0 Å². The molecule has 0 aliphatic carbocycles. The summed E-state index contributed by atoms with van der Waals surface area (Å²) in [6.45, 7) is 2.06. The van der Waals surface area contributed by atoms with Gasteiger partial charge in [-0.05, 0) is 41.8 Å². The smallest absolute Gasteiger partial charge is 0.216 e. The van der Waals surface area contributed by atoms with E-state index in [-0.39, 0.29) is 5.82 Å². The second-order valence-electron chi connectivity index (χ2n) is 7.13. The van der Waals surface area contributed by atoms with Crippen LogP contribution in [0.1, 0.15) is 5.56 Å². The van der Waals surface area contributed by atoms with Crippen LogP contribution in [0.25, 0.3) is 44.3 Å². The quantitative estimate of drug-likeness (QED) is 0.339. The summed E-state index contributed by atoms with van der Waals surface area (Å²) in [6, 6.07) is 23.6. The standard InChI is InChI=1S/C25H19FNO/c1-16-11-12-19-20-14-18(17-8-4-3-5-9-17)15-21(26)24(20)28-25(19)23(16)22-10-6-7-13-27(22)2/h3-15H,1-2H3/q+1. The molecule has 2 heterocycles. The second-order valence-corrected chi connectivity index (χ2v) is 7.13. The minimum atomic E-state index is -0.339. The van der Waals surface area contributed by atoms with Crippen molar-refractivity contribution in [2.24, 2.45) is 7.05 Å². The predicted molar refractivity (Wildman–Crippen MR) is 110 cm³/mol. The van der Waals surface area contributed by atoms with Crippen molar-refractivity contribution in [3.63, 3.8) is 0 Å². The molecule has 5 rings (SSSR count). The number of aryl methyl sites for hydroxylation is 2. The van der Waals surface area contributed by atoms with Crippen LogP contribution in [0, 0.1) is 12.7 Å². The fraction of sp³-hybridized carbons (Fsp3) is 0.0800. The number of nitrogens with zero attached hydrogens (tertiary/aromatic N) is 1. The fourth-order valence-electron chi connectivity index (χ4n) is 3.90. The minimum Gasteiger partial charge on any atom is -0.452 e. The molecule has 5 aromatic rings. The van der Waals surface area contributed by atoms with Crippen molar-refractivity contribution >= 4 is 21.9 Å². The third-order valence-electron chi connectivity index (χ3n) is 5.32. The molecular formula is C25H19FNO+. The van der Waals surface area contributed by atoms with Gasteiger partial charge in [0.1, 0.15) is 12.6 Å². The maximum atomic E-state index is 15.0. The number of hydrogen-bond acceptors (Lipinski definition) is 1. The van der Waals surface area contributed by atoms with Crippen molar-refractivity contribution < 1.29 is 13.4 Å². The molecule has 136 valence electrons. The van der Waals surface area contributed by atoms with E-state index in [2.05, 4.69) is 23.6 Å². The third kappa shape index (κ3) is 2.51. The van der Waals surface area contributed by atoms with Crippen molar-refractivity contribution in [3.05, 3.63) is 90.4 Å². The average molecular weight is 368 g/mol. The van der Waals surface area contributed by atoms with Gasteiger partial charge in [-0.25, -0.2) is 8.96 Å². The van der Waals surface area contributed by atoms with E-state index in [1.807, 2.05) is 67.8 Å². The molecule has 0 N–H and O–H groups in total. The molecule has 0 saturated carbocycles. The number of furan rings is 1. The predicted octanol–water partition coefficient (Wildman–Crippen LogP) is 6.19. The molecule has 2 aromatic heterocycles. The van der Waals surface area contributed by atoms with E-state index in [0.29, 0.717) is 5.58 Å². The normalized spacial score (nSPS) is 11.4. The van der Waals surface area contributed by atoms with E-state index in [9.17, 15) is 4.39 Å². The Hall–Kier alpha value is -3.46. The monoisotopic (exact) mass is 368 g/mol. The largest absolute Gasteiger partial charge is 0.452 e. The number of pyridine rings is 1. The maximum absolute atomic E-state index is 15.0. The van der Waals surface area contributed by atoms with E-state index in [0.717, 1.165) is 44.3 Å². The summed E-state index contributed by atoms with van der Waals surface area (Å²) in [5.74, 6) is -0.339. The van der Waals surface area contributed by atoms with Crippen LogP contribution in [0.2, 0.25) is 0 Å². The molecule has 0 atom stereocenters. The summed E-state index contributed by atoms with van der Waals surface area (Å²) in [7, 11) is 2.00. The van der Waals surface area contributed by atoms with E-state index in [1.165, 1.54) is 0 Å².